The van der Waals surface area contributed by atoms with Crippen molar-refractivity contribution in [3.63, 3.8) is 0 Å². The molecule has 0 nitrogen and oxygen atoms in total. The van der Waals surface area contributed by atoms with Gasteiger partial charge in [-0.1, -0.05) is 0 Å². The van der Waals surface area contributed by atoms with Gasteiger partial charge >= 0.3 is 57.6 Å². The molecule has 1 aliphatic rings. The van der Waals surface area contributed by atoms with E-state index in [0.29, 0.717) is 31.0 Å². The van der Waals surface area contributed by atoms with Crippen LogP contribution in [0.3, 0.4) is 0 Å². The molecule has 1 aliphatic carbocycles. The minimum atomic E-state index is 0.363. The van der Waals surface area contributed by atoms with Gasteiger partial charge in [-0.15, -0.1) is 15.8 Å². The van der Waals surface area contributed by atoms with E-state index < -0.39 is 0 Å². The molecule has 0 atom stereocenters. The minimum absolute atomic E-state index is 0.363. The average molecular weight is 398 g/mol. The van der Waals surface area contributed by atoms with Crippen LogP contribution < -0.4 is 0 Å². The summed E-state index contributed by atoms with van der Waals surface area (Å²) in [5, 5.41) is 0. The van der Waals surface area contributed by atoms with Crippen molar-refractivity contribution in [2.45, 2.75) is 6.42 Å². The number of hydrogen-bond donors (Lipinski definition) is 0. The molecule has 0 saturated heterocycles. The van der Waals surface area contributed by atoms with E-state index >= 15 is 0 Å². The first-order chi connectivity index (χ1) is 6.90. The van der Waals surface area contributed by atoms with Gasteiger partial charge in [0.2, 0.25) is 0 Å². The zero-order valence-corrected chi connectivity index (χ0v) is 15.7. The molecule has 0 radical (unpaired) electrons. The van der Waals surface area contributed by atoms with Crippen LogP contribution in [0.15, 0.2) is 22.4 Å². The first kappa shape index (κ1) is 18.8. The van der Waals surface area contributed by atoms with Crippen molar-refractivity contribution in [3.8, 4) is 0 Å². The van der Waals surface area contributed by atoms with Gasteiger partial charge in [0.1, 0.15) is 0 Å². The van der Waals surface area contributed by atoms with Gasteiger partial charge in [-0.3, -0.25) is 0 Å². The molecule has 0 aliphatic heterocycles. The van der Waals surface area contributed by atoms with Gasteiger partial charge in [0.05, 0.1) is 0 Å². The predicted molar refractivity (Wildman–Crippen MR) is 80.2 cm³/mol. The first-order valence-corrected chi connectivity index (χ1v) is 14.9. The van der Waals surface area contributed by atoms with Crippen molar-refractivity contribution < 1.29 is 15.2 Å². The molecule has 0 fully saturated rings. The number of rotatable bonds is 1. The Labute approximate surface area is 113 Å². The van der Waals surface area contributed by atoms with E-state index in [0.717, 1.165) is 0 Å². The Morgan fingerprint density at radius 3 is 1.60 bits per heavy atom. The van der Waals surface area contributed by atoms with Gasteiger partial charge in [0.15, 0.2) is 0 Å². The summed E-state index contributed by atoms with van der Waals surface area (Å²) in [6.07, 6.45) is 7.67. The molecule has 0 aromatic carbocycles. The van der Waals surface area contributed by atoms with Crippen LogP contribution >= 0.6 is 29.5 Å². The van der Waals surface area contributed by atoms with Crippen LogP contribution in [0.5, 0.6) is 0 Å². The molecule has 0 spiro atoms. The van der Waals surface area contributed by atoms with E-state index in [9.17, 15) is 0 Å². The molecule has 0 saturated carbocycles. The first-order valence-electron chi connectivity index (χ1n) is 4.71. The predicted octanol–water partition coefficient (Wildman–Crippen LogP) is 4.94. The quantitative estimate of drug-likeness (QED) is 0.434. The fourth-order valence-electron chi connectivity index (χ4n) is 0.465. The van der Waals surface area contributed by atoms with Crippen molar-refractivity contribution >= 4 is 29.5 Å². The molecule has 0 amide bonds. The van der Waals surface area contributed by atoms with E-state index in [-0.39, 0.29) is 0 Å². The summed E-state index contributed by atoms with van der Waals surface area (Å²) in [5.41, 5.74) is 0. The summed E-state index contributed by atoms with van der Waals surface area (Å²) in [5.74, 6) is 0. The molecule has 92 valence electrons. The van der Waals surface area contributed by atoms with Crippen LogP contribution in [0.25, 0.3) is 0 Å². The number of halogens is 1. The van der Waals surface area contributed by atoms with Gasteiger partial charge < -0.3 is 0 Å². The van der Waals surface area contributed by atoms with E-state index in [1.807, 2.05) is 0 Å². The Morgan fingerprint density at radius 1 is 1.07 bits per heavy atom. The normalized spacial score (nSPS) is 13.3. The maximum atomic E-state index is 3.46. The molecule has 15 heavy (non-hydrogen) atoms. The average Bonchev–Trinajstić information content (AvgIpc) is 2.52. The third kappa shape index (κ3) is 25.6. The van der Waals surface area contributed by atoms with E-state index in [1.54, 1.807) is 4.17 Å². The van der Waals surface area contributed by atoms with Gasteiger partial charge in [-0.2, -0.15) is 0 Å². The van der Waals surface area contributed by atoms with Crippen LogP contribution in [-0.2, 0) is 15.2 Å². The zero-order chi connectivity index (χ0) is 12.3. The summed E-state index contributed by atoms with van der Waals surface area (Å²) in [4.78, 5) is 0. The van der Waals surface area contributed by atoms with Crippen molar-refractivity contribution in [3.05, 3.63) is 22.4 Å². The Kier molecular flexibility index (Phi) is 16.9. The Hall–Kier alpha value is 1.44. The van der Waals surface area contributed by atoms with Crippen LogP contribution in [0, 0.1) is 0 Å². The van der Waals surface area contributed by atoms with E-state index in [2.05, 4.69) is 71.8 Å². The van der Waals surface area contributed by atoms with Crippen molar-refractivity contribution in [1.29, 1.82) is 0 Å². The van der Waals surface area contributed by atoms with E-state index in [1.165, 1.54) is 6.42 Å². The Balaban J connectivity index is 0. The second-order valence-corrected chi connectivity index (χ2v) is 12.5. The van der Waals surface area contributed by atoms with Crippen molar-refractivity contribution in [1.82, 2.24) is 0 Å². The molecule has 0 N–H and O–H groups in total. The fourth-order valence-corrected chi connectivity index (χ4v) is 2.31. The van der Waals surface area contributed by atoms with Crippen LogP contribution in [-0.4, -0.2) is 40.0 Å². The third-order valence-corrected chi connectivity index (χ3v) is 4.00. The van der Waals surface area contributed by atoms with Crippen molar-refractivity contribution in [2.24, 2.45) is 0 Å². The summed E-state index contributed by atoms with van der Waals surface area (Å²) < 4.78 is 1.56. The maximum absolute atomic E-state index is 3.46. The molecule has 0 aromatic rings. The topological polar surface area (TPSA) is 0 Å². The summed E-state index contributed by atoms with van der Waals surface area (Å²) in [6, 6.07) is 0. The van der Waals surface area contributed by atoms with Gasteiger partial charge in [0, 0.05) is 0 Å². The summed E-state index contributed by atoms with van der Waals surface area (Å²) >= 11 is 3.82. The fraction of sp³-hybridized carbons (Fsp3) is 0.636. The molecule has 1 rings (SSSR count). The standard InChI is InChI=1S/C5H5.2C3H9P.BrH.Ru/c1-2-4-5-3-1;2*1-4(2)3;;/h1-3H,4H2;2*1-3H3;1H;/q;;;;+1/p-1. The monoisotopic (exact) mass is 398 g/mol. The van der Waals surface area contributed by atoms with Crippen LogP contribution in [0.4, 0.5) is 0 Å². The summed E-state index contributed by atoms with van der Waals surface area (Å²) in [6.45, 7) is 13.4. The molecule has 0 heterocycles. The second kappa shape index (κ2) is 13.5. The zero-order valence-electron chi connectivity index (χ0n) is 10.6. The van der Waals surface area contributed by atoms with Crippen molar-refractivity contribution in [2.75, 3.05) is 40.0 Å². The van der Waals surface area contributed by atoms with Crippen LogP contribution in [0.1, 0.15) is 6.42 Å². The van der Waals surface area contributed by atoms with Crippen LogP contribution in [0.2, 0.25) is 0 Å². The number of allylic oxidation sites excluding steroid dienone is 4. The van der Waals surface area contributed by atoms with Gasteiger partial charge in [-0.25, -0.2) is 0 Å². The molecule has 0 aromatic heterocycles. The van der Waals surface area contributed by atoms with E-state index in [4.69, 9.17) is 0 Å². The molecule has 0 bridgehead atoms. The third-order valence-electron chi connectivity index (χ3n) is 0.803. The molecule has 0 unspecified atom stereocenters. The molecule has 4 heteroatoms. The van der Waals surface area contributed by atoms with Gasteiger partial charge in [0.25, 0.3) is 0 Å². The second-order valence-electron chi connectivity index (χ2n) is 3.98. The molecular weight excluding hydrogens is 375 g/mol. The molecular formula is C11H23BrP2Ru. The Bertz CT molecular complexity index is 178. The summed E-state index contributed by atoms with van der Waals surface area (Å²) in [7, 11) is 0.759. The Morgan fingerprint density at radius 2 is 1.47 bits per heavy atom. The number of hydrogen-bond acceptors (Lipinski definition) is 0. The van der Waals surface area contributed by atoms with Gasteiger partial charge in [-0.05, 0) is 40.0 Å². The SMILES string of the molecule is CP(C)C.CP(C)C.[Br][Ru][C]1=CC=CC1.